The van der Waals surface area contributed by atoms with Crippen molar-refractivity contribution < 1.29 is 33.0 Å². The molecule has 0 saturated carbocycles. The van der Waals surface area contributed by atoms with Gasteiger partial charge in [-0.05, 0) is 44.3 Å². The Labute approximate surface area is 236 Å². The first-order chi connectivity index (χ1) is 18.1. The number of aliphatic hydroxyl groups excluding tert-OH is 2. The molecule has 1 aromatic heterocycles. The van der Waals surface area contributed by atoms with E-state index in [2.05, 4.69) is 9.71 Å². The van der Waals surface area contributed by atoms with Gasteiger partial charge in [0.25, 0.3) is 10.2 Å². The predicted octanol–water partition coefficient (Wildman–Crippen LogP) is 2.84. The average molecular weight is 586 g/mol. The minimum absolute atomic E-state index is 0.208. The maximum atomic E-state index is 13.3. The van der Waals surface area contributed by atoms with Crippen LogP contribution in [0.25, 0.3) is 6.08 Å². The zero-order valence-electron chi connectivity index (χ0n) is 23.9. The normalized spacial score (nSPS) is 35.3. The number of aryl methyl sites for hydroxylation is 1. The number of fused-ring (bicyclic) bond motifs is 1. The van der Waals surface area contributed by atoms with Crippen LogP contribution >= 0.6 is 11.3 Å². The van der Waals surface area contributed by atoms with Crippen LogP contribution in [0.5, 0.6) is 0 Å². The molecule has 0 radical (unpaired) electrons. The van der Waals surface area contributed by atoms with Crippen molar-refractivity contribution in [3.63, 3.8) is 0 Å². The molecule has 3 unspecified atom stereocenters. The number of carbonyl (C=O) groups excluding carboxylic acids is 2. The molecule has 8 atom stereocenters. The molecule has 2 fully saturated rings. The number of Topliss-reactive ketones (excluding diaryl/α,β-unsaturated/α-hetero) is 1. The summed E-state index contributed by atoms with van der Waals surface area (Å²) in [7, 11) is -2.35. The highest BCUT2D eigenvalue weighted by atomic mass is 32.2. The minimum Gasteiger partial charge on any atom is -0.458 e. The third-order valence-corrected chi connectivity index (χ3v) is 10.7. The van der Waals surface area contributed by atoms with Crippen LogP contribution in [-0.2, 0) is 24.5 Å². The molecule has 2 aliphatic rings. The number of hydrogen-bond donors (Lipinski definition) is 3. The first kappa shape index (κ1) is 31.8. The van der Waals surface area contributed by atoms with Crippen LogP contribution in [-0.4, -0.2) is 77.1 Å². The van der Waals surface area contributed by atoms with Crippen molar-refractivity contribution in [3.8, 4) is 0 Å². The summed E-state index contributed by atoms with van der Waals surface area (Å²) in [6.07, 6.45) is 0.492. The van der Waals surface area contributed by atoms with Crippen LogP contribution in [0, 0.1) is 24.2 Å². The van der Waals surface area contributed by atoms with Crippen molar-refractivity contribution in [2.75, 3.05) is 7.05 Å². The van der Waals surface area contributed by atoms with Crippen LogP contribution in [0.1, 0.15) is 77.4 Å². The van der Waals surface area contributed by atoms with Gasteiger partial charge in [0.05, 0.1) is 34.7 Å². The number of thiazole rings is 1. The van der Waals surface area contributed by atoms with E-state index in [0.29, 0.717) is 24.8 Å². The summed E-state index contributed by atoms with van der Waals surface area (Å²) in [6.45, 7) is 10.4. The van der Waals surface area contributed by atoms with E-state index in [-0.39, 0.29) is 30.2 Å². The Bertz CT molecular complexity index is 1180. The predicted molar refractivity (Wildman–Crippen MR) is 150 cm³/mol. The quantitative estimate of drug-likeness (QED) is 0.361. The highest BCUT2D eigenvalue weighted by Crippen LogP contribution is 2.41. The maximum absolute atomic E-state index is 13.3. The summed E-state index contributed by atoms with van der Waals surface area (Å²) in [5, 5.41) is 24.6. The lowest BCUT2D eigenvalue weighted by atomic mass is 9.73. The van der Waals surface area contributed by atoms with Gasteiger partial charge in [0.15, 0.2) is 0 Å². The van der Waals surface area contributed by atoms with E-state index in [1.54, 1.807) is 20.8 Å². The topological polar surface area (TPSA) is 146 Å². The van der Waals surface area contributed by atoms with Crippen LogP contribution in [0.3, 0.4) is 0 Å². The van der Waals surface area contributed by atoms with E-state index in [0.717, 1.165) is 10.7 Å². The van der Waals surface area contributed by atoms with Crippen molar-refractivity contribution in [3.05, 3.63) is 21.7 Å². The summed E-state index contributed by atoms with van der Waals surface area (Å²) in [5.41, 5.74) is 0.143. The number of ketones is 1. The Kier molecular flexibility index (Phi) is 10.2. The fourth-order valence-electron chi connectivity index (χ4n) is 5.51. The van der Waals surface area contributed by atoms with E-state index in [1.165, 1.54) is 22.7 Å². The van der Waals surface area contributed by atoms with E-state index in [4.69, 9.17) is 4.74 Å². The first-order valence-electron chi connectivity index (χ1n) is 13.5. The number of aliphatic hydroxyl groups is 2. The van der Waals surface area contributed by atoms with E-state index in [1.807, 2.05) is 32.2 Å². The molecular formula is C27H43N3O7S2. The van der Waals surface area contributed by atoms with Gasteiger partial charge in [-0.15, -0.1) is 11.3 Å². The van der Waals surface area contributed by atoms with Crippen LogP contribution in [0.15, 0.2) is 11.0 Å². The van der Waals surface area contributed by atoms with Gasteiger partial charge >= 0.3 is 5.97 Å². The zero-order chi connectivity index (χ0) is 29.3. The largest absolute Gasteiger partial charge is 0.458 e. The smallest absolute Gasteiger partial charge is 0.309 e. The summed E-state index contributed by atoms with van der Waals surface area (Å²) in [5.74, 6) is -1.97. The van der Waals surface area contributed by atoms with Crippen molar-refractivity contribution in [2.24, 2.45) is 17.3 Å². The van der Waals surface area contributed by atoms with E-state index in [9.17, 15) is 28.2 Å². The molecule has 0 aromatic carbocycles. The first-order valence-corrected chi connectivity index (χ1v) is 15.8. The van der Waals surface area contributed by atoms with Crippen LogP contribution < -0.4 is 4.72 Å². The van der Waals surface area contributed by atoms with Crippen molar-refractivity contribution in [2.45, 2.75) is 104 Å². The highest BCUT2D eigenvalue weighted by Gasteiger charge is 2.55. The van der Waals surface area contributed by atoms with Crippen molar-refractivity contribution >= 4 is 39.4 Å². The molecule has 39 heavy (non-hydrogen) atoms. The van der Waals surface area contributed by atoms with Gasteiger partial charge in [0.1, 0.15) is 11.9 Å². The molecule has 0 spiro atoms. The number of nitrogens with zero attached hydrogens (tertiary/aromatic N) is 2. The third kappa shape index (κ3) is 7.34. The number of ether oxygens (including phenoxy) is 1. The molecule has 10 nitrogen and oxygen atoms in total. The standard InChI is InChI=1S/C27H43N3O7S2/c1-15-9-8-10-20-21(30(20)39(35,36)28-7)12-22(16(2)11-19-14-38-18(4)29-19)37-24(32)13-23(31)27(5,6)26(34)17(3)25(15)33/h11,14-15,17,20-23,25,28,31,33H,8-10,12-13H2,1-7H3/b16-11+/t15-,17+,20?,21?,22-,23-,25-,30?/m0/s1. The van der Waals surface area contributed by atoms with Gasteiger partial charge in [-0.25, -0.2) is 9.71 Å². The summed E-state index contributed by atoms with van der Waals surface area (Å²) in [4.78, 5) is 30.8. The molecule has 2 aliphatic heterocycles. The number of aromatic nitrogens is 1. The summed E-state index contributed by atoms with van der Waals surface area (Å²) in [6, 6.07) is -0.658. The van der Waals surface area contributed by atoms with Gasteiger partial charge in [0.2, 0.25) is 0 Å². The van der Waals surface area contributed by atoms with Crippen LogP contribution in [0.4, 0.5) is 0 Å². The maximum Gasteiger partial charge on any atom is 0.309 e. The number of cyclic esters (lactones) is 1. The zero-order valence-corrected chi connectivity index (χ0v) is 25.5. The lowest BCUT2D eigenvalue weighted by Crippen LogP contribution is -2.45. The van der Waals surface area contributed by atoms with Gasteiger partial charge in [-0.2, -0.15) is 12.7 Å². The molecule has 1 aromatic rings. The molecule has 3 heterocycles. The summed E-state index contributed by atoms with van der Waals surface area (Å²) < 4.78 is 35.2. The van der Waals surface area contributed by atoms with Gasteiger partial charge in [-0.1, -0.05) is 34.1 Å². The Morgan fingerprint density at radius 2 is 1.90 bits per heavy atom. The molecule has 220 valence electrons. The molecule has 3 rings (SSSR count). The van der Waals surface area contributed by atoms with Gasteiger partial charge in [0, 0.05) is 36.9 Å². The Morgan fingerprint density at radius 1 is 1.23 bits per heavy atom. The van der Waals surface area contributed by atoms with Crippen molar-refractivity contribution in [1.29, 1.82) is 0 Å². The number of carbonyl (C=O) groups is 2. The molecule has 12 heteroatoms. The van der Waals surface area contributed by atoms with Gasteiger partial charge < -0.3 is 14.9 Å². The van der Waals surface area contributed by atoms with Gasteiger partial charge in [-0.3, -0.25) is 9.59 Å². The fourth-order valence-corrected chi connectivity index (χ4v) is 7.42. The highest BCUT2D eigenvalue weighted by molar-refractivity contribution is 7.87. The fraction of sp³-hybridized carbons (Fsp3) is 0.741. The number of nitrogens with one attached hydrogen (secondary N) is 1. The molecule has 2 saturated heterocycles. The minimum atomic E-state index is -3.71. The molecule has 0 amide bonds. The second-order valence-corrected chi connectivity index (χ2v) is 14.4. The third-order valence-electron chi connectivity index (χ3n) is 8.29. The lowest BCUT2D eigenvalue weighted by molar-refractivity contribution is -0.154. The Morgan fingerprint density at radius 3 is 2.49 bits per heavy atom. The second kappa shape index (κ2) is 12.4. The number of hydrogen-bond acceptors (Lipinski definition) is 9. The van der Waals surface area contributed by atoms with E-state index < -0.39 is 52.2 Å². The van der Waals surface area contributed by atoms with Crippen molar-refractivity contribution in [1.82, 2.24) is 14.0 Å². The molecule has 3 N–H and O–H groups in total. The Hall–Kier alpha value is -1.70. The average Bonchev–Trinajstić information content (AvgIpc) is 3.41. The van der Waals surface area contributed by atoms with Crippen LogP contribution in [0.2, 0.25) is 0 Å². The van der Waals surface area contributed by atoms with E-state index >= 15 is 0 Å². The molecule has 0 bridgehead atoms. The number of esters is 1. The number of rotatable bonds is 4. The summed E-state index contributed by atoms with van der Waals surface area (Å²) >= 11 is 1.49. The lowest BCUT2D eigenvalue weighted by Gasteiger charge is -2.34. The molecular weight excluding hydrogens is 542 g/mol. The SMILES string of the molecule is CNS(=O)(=O)N1C2CCC[C@H](C)[C@H](O)[C@@H](C)C(=O)C(C)(C)[C@@H](O)CC(=O)O[C@H](/C(C)=C/c3csc(C)n3)CC21. The molecule has 0 aliphatic carbocycles. The second-order valence-electron chi connectivity index (χ2n) is 11.6. The Balaban J connectivity index is 1.95. The monoisotopic (exact) mass is 585 g/mol.